The first-order valence-electron chi connectivity index (χ1n) is 10.5. The molecule has 1 aliphatic rings. The molecule has 0 bridgehead atoms. The zero-order valence-electron chi connectivity index (χ0n) is 18.3. The molecular weight excluding hydrogens is 442 g/mol. The van der Waals surface area contributed by atoms with E-state index in [2.05, 4.69) is 14.9 Å². The van der Waals surface area contributed by atoms with Crippen LogP contribution in [0.2, 0.25) is 0 Å². The maximum absolute atomic E-state index is 12.8. The van der Waals surface area contributed by atoms with Crippen LogP contribution in [0.4, 0.5) is 0 Å². The molecule has 10 heteroatoms. The number of amides is 3. The summed E-state index contributed by atoms with van der Waals surface area (Å²) in [5.74, 6) is -1.88. The Bertz CT molecular complexity index is 1190. The lowest BCUT2D eigenvalue weighted by atomic mass is 10.0. The number of hydrogen-bond donors (Lipinski definition) is 3. The zero-order chi connectivity index (χ0) is 23.5. The molecule has 1 saturated heterocycles. The van der Waals surface area contributed by atoms with Crippen molar-refractivity contribution in [3.05, 3.63) is 59.7 Å². The van der Waals surface area contributed by atoms with Gasteiger partial charge in [-0.2, -0.15) is 0 Å². The van der Waals surface area contributed by atoms with Crippen LogP contribution < -0.4 is 10.8 Å². The van der Waals surface area contributed by atoms with Crippen LogP contribution in [0.1, 0.15) is 22.8 Å². The number of likely N-dealkylation sites (tertiary alicyclic amines) is 1. The molecule has 4 rings (SSSR count). The lowest BCUT2D eigenvalue weighted by molar-refractivity contribution is -0.133. The van der Waals surface area contributed by atoms with Gasteiger partial charge in [-0.05, 0) is 36.1 Å². The number of thioether (sulfide) groups is 1. The summed E-state index contributed by atoms with van der Waals surface area (Å²) in [7, 11) is 0. The molecule has 2 atom stereocenters. The second-order valence-electron chi connectivity index (χ2n) is 7.96. The van der Waals surface area contributed by atoms with Gasteiger partial charge in [0.1, 0.15) is 0 Å². The summed E-state index contributed by atoms with van der Waals surface area (Å²) in [4.78, 5) is 42.7. The van der Waals surface area contributed by atoms with Gasteiger partial charge in [0.2, 0.25) is 11.8 Å². The van der Waals surface area contributed by atoms with Crippen LogP contribution in [0.25, 0.3) is 11.0 Å². The summed E-state index contributed by atoms with van der Waals surface area (Å²) < 4.78 is 2.14. The number of hydrogen-bond acceptors (Lipinski definition) is 6. The molecule has 2 heterocycles. The van der Waals surface area contributed by atoms with E-state index in [-0.39, 0.29) is 24.9 Å². The number of nitrogens with one attached hydrogen (secondary N) is 2. The predicted molar refractivity (Wildman–Crippen MR) is 124 cm³/mol. The smallest absolute Gasteiger partial charge is 0.251 e. The van der Waals surface area contributed by atoms with Gasteiger partial charge in [0.05, 0.1) is 29.5 Å². The molecule has 3 amide bonds. The normalized spacial score (nSPS) is 17.8. The number of benzene rings is 2. The van der Waals surface area contributed by atoms with Crippen molar-refractivity contribution in [3.63, 3.8) is 0 Å². The minimum absolute atomic E-state index is 0.141. The van der Waals surface area contributed by atoms with Gasteiger partial charge in [-0.25, -0.2) is 10.5 Å². The first-order chi connectivity index (χ1) is 15.9. The van der Waals surface area contributed by atoms with E-state index in [1.54, 1.807) is 29.4 Å². The average Bonchev–Trinajstić information content (AvgIpc) is 3.41. The van der Waals surface area contributed by atoms with E-state index in [1.165, 1.54) is 11.8 Å². The minimum Gasteiger partial charge on any atom is -0.347 e. The van der Waals surface area contributed by atoms with Crippen LogP contribution in [0.15, 0.2) is 53.7 Å². The number of imidazole rings is 1. The summed E-state index contributed by atoms with van der Waals surface area (Å²) >= 11 is 1.58. The molecule has 1 fully saturated rings. The Balaban J connectivity index is 1.48. The van der Waals surface area contributed by atoms with Crippen molar-refractivity contribution in [2.75, 3.05) is 19.3 Å². The molecule has 0 saturated carbocycles. The van der Waals surface area contributed by atoms with Gasteiger partial charge in [-0.1, -0.05) is 36.0 Å². The van der Waals surface area contributed by atoms with Crippen molar-refractivity contribution in [1.82, 2.24) is 25.2 Å². The Morgan fingerprint density at radius 1 is 1.12 bits per heavy atom. The number of hydroxylamine groups is 1. The van der Waals surface area contributed by atoms with Crippen molar-refractivity contribution in [2.24, 2.45) is 5.92 Å². The predicted octanol–water partition coefficient (Wildman–Crippen LogP) is 1.89. The third kappa shape index (κ3) is 4.71. The zero-order valence-corrected chi connectivity index (χ0v) is 19.1. The molecule has 33 heavy (non-hydrogen) atoms. The number of carbonyl (C=O) groups excluding carboxylic acids is 3. The van der Waals surface area contributed by atoms with Crippen molar-refractivity contribution >= 4 is 40.5 Å². The van der Waals surface area contributed by atoms with Crippen molar-refractivity contribution in [1.29, 1.82) is 0 Å². The molecular formula is C23H25N5O4S. The molecule has 3 N–H and O–H groups in total. The highest BCUT2D eigenvalue weighted by molar-refractivity contribution is 7.98. The van der Waals surface area contributed by atoms with Gasteiger partial charge in [0.25, 0.3) is 5.91 Å². The highest BCUT2D eigenvalue weighted by Gasteiger charge is 2.39. The molecule has 1 aliphatic heterocycles. The highest BCUT2D eigenvalue weighted by atomic mass is 32.2. The largest absolute Gasteiger partial charge is 0.347 e. The summed E-state index contributed by atoms with van der Waals surface area (Å²) in [5.41, 5.74) is 5.08. The lowest BCUT2D eigenvalue weighted by Gasteiger charge is -2.18. The molecule has 9 nitrogen and oxygen atoms in total. The third-order valence-corrected chi connectivity index (χ3v) is 6.56. The van der Waals surface area contributed by atoms with Gasteiger partial charge in [0.15, 0.2) is 5.16 Å². The van der Waals surface area contributed by atoms with E-state index >= 15 is 0 Å². The van der Waals surface area contributed by atoms with Gasteiger partial charge in [-0.3, -0.25) is 19.6 Å². The second kappa shape index (κ2) is 9.63. The van der Waals surface area contributed by atoms with Crippen molar-refractivity contribution in [3.8, 4) is 0 Å². The number of carbonyl (C=O) groups is 3. The van der Waals surface area contributed by atoms with Crippen LogP contribution in [0, 0.1) is 5.92 Å². The molecule has 0 aliphatic carbocycles. The van der Waals surface area contributed by atoms with Crippen molar-refractivity contribution < 1.29 is 19.6 Å². The fraction of sp³-hybridized carbons (Fsp3) is 0.304. The number of aromatic nitrogens is 2. The van der Waals surface area contributed by atoms with Crippen LogP contribution in [-0.2, 0) is 16.1 Å². The van der Waals surface area contributed by atoms with Crippen molar-refractivity contribution in [2.45, 2.75) is 24.7 Å². The maximum Gasteiger partial charge on any atom is 0.251 e. The van der Waals surface area contributed by atoms with E-state index in [0.29, 0.717) is 12.1 Å². The first-order valence-corrected chi connectivity index (χ1v) is 11.7. The Kier molecular flexibility index (Phi) is 6.66. The number of rotatable bonds is 6. The van der Waals surface area contributed by atoms with Gasteiger partial charge in [0, 0.05) is 25.6 Å². The van der Waals surface area contributed by atoms with Crippen LogP contribution >= 0.6 is 11.8 Å². The number of fused-ring (bicyclic) bond motifs is 1. The molecule has 0 unspecified atom stereocenters. The molecule has 172 valence electrons. The quantitative estimate of drug-likeness (QED) is 0.290. The third-order valence-electron chi connectivity index (χ3n) is 5.89. The Morgan fingerprint density at radius 2 is 1.85 bits per heavy atom. The SMILES string of the molecule is CSc1nc2ccccc2n1Cc1ccc(C(=O)N[C@@H]2CN(C(C)=O)C[C@@H]2C(=O)NO)cc1. The summed E-state index contributed by atoms with van der Waals surface area (Å²) in [6.07, 6.45) is 1.99. The second-order valence-corrected chi connectivity index (χ2v) is 8.73. The van der Waals surface area contributed by atoms with Gasteiger partial charge >= 0.3 is 0 Å². The summed E-state index contributed by atoms with van der Waals surface area (Å²) in [5, 5.41) is 12.8. The summed E-state index contributed by atoms with van der Waals surface area (Å²) in [6.45, 7) is 2.38. The monoisotopic (exact) mass is 467 g/mol. The maximum atomic E-state index is 12.8. The first kappa shape index (κ1) is 22.8. The van der Waals surface area contributed by atoms with E-state index < -0.39 is 17.9 Å². The van der Waals surface area contributed by atoms with E-state index in [4.69, 9.17) is 5.21 Å². The topological polar surface area (TPSA) is 117 Å². The lowest BCUT2D eigenvalue weighted by Crippen LogP contribution is -2.45. The fourth-order valence-corrected chi connectivity index (χ4v) is 4.69. The molecule has 0 radical (unpaired) electrons. The number of para-hydroxylation sites is 2. The Morgan fingerprint density at radius 3 is 2.52 bits per heavy atom. The molecule has 3 aromatic rings. The van der Waals surface area contributed by atoms with E-state index in [1.807, 2.05) is 42.7 Å². The van der Waals surface area contributed by atoms with Crippen LogP contribution in [-0.4, -0.2) is 62.8 Å². The van der Waals surface area contributed by atoms with Gasteiger partial charge < -0.3 is 14.8 Å². The average molecular weight is 468 g/mol. The molecule has 1 aromatic heterocycles. The standard InChI is InChI=1S/C23H25N5O4S/c1-14(29)27-12-17(22(31)26-32)19(13-27)24-21(30)16-9-7-15(8-10-16)11-28-20-6-4-3-5-18(20)25-23(28)33-2/h3-10,17,19,32H,11-13H2,1-2H3,(H,24,30)(H,26,31)/t17-,19+/m0/s1. The van der Waals surface area contributed by atoms with Crippen LogP contribution in [0.3, 0.4) is 0 Å². The highest BCUT2D eigenvalue weighted by Crippen LogP contribution is 2.24. The number of nitrogens with zero attached hydrogens (tertiary/aromatic N) is 3. The van der Waals surface area contributed by atoms with E-state index in [9.17, 15) is 14.4 Å². The van der Waals surface area contributed by atoms with Gasteiger partial charge in [-0.15, -0.1) is 0 Å². The summed E-state index contributed by atoms with van der Waals surface area (Å²) in [6, 6.07) is 14.6. The Hall–Kier alpha value is -3.37. The molecule has 2 aromatic carbocycles. The minimum atomic E-state index is -0.721. The van der Waals surface area contributed by atoms with Crippen LogP contribution in [0.5, 0.6) is 0 Å². The Labute approximate surface area is 195 Å². The molecule has 0 spiro atoms. The van der Waals surface area contributed by atoms with E-state index in [0.717, 1.165) is 21.8 Å². The fourth-order valence-electron chi connectivity index (χ4n) is 4.11.